The fourth-order valence-corrected chi connectivity index (χ4v) is 3.34. The van der Waals surface area contributed by atoms with Gasteiger partial charge in [0.15, 0.2) is 0 Å². The molecule has 0 aromatic heterocycles. The molecule has 4 rings (SSSR count). The normalized spacial score (nSPS) is 16.5. The lowest BCUT2D eigenvalue weighted by Gasteiger charge is -2.11. The van der Waals surface area contributed by atoms with Gasteiger partial charge < -0.3 is 14.8 Å². The molecule has 1 N–H and O–H groups in total. The molecule has 1 atom stereocenters. The lowest BCUT2D eigenvalue weighted by Crippen LogP contribution is -2.16. The molecule has 3 aromatic carbocycles. The molecular weight excluding hydrogens is 350 g/mol. The number of carbonyl (C=O) groups is 1. The Bertz CT molecular complexity index is 967. The Morgan fingerprint density at radius 3 is 2.71 bits per heavy atom. The first kappa shape index (κ1) is 18.3. The van der Waals surface area contributed by atoms with Crippen LogP contribution >= 0.6 is 0 Å². The fraction of sp³-hybridized carbons (Fsp3) is 0.208. The molecule has 0 unspecified atom stereocenters. The van der Waals surface area contributed by atoms with Crippen molar-refractivity contribution < 1.29 is 14.3 Å². The van der Waals surface area contributed by atoms with E-state index >= 15 is 0 Å². The number of anilines is 1. The zero-order chi connectivity index (χ0) is 19.2. The molecule has 1 saturated heterocycles. The molecule has 0 spiro atoms. The highest BCUT2D eigenvalue weighted by atomic mass is 16.5. The summed E-state index contributed by atoms with van der Waals surface area (Å²) in [7, 11) is 0. The van der Waals surface area contributed by atoms with E-state index in [0.29, 0.717) is 6.61 Å². The van der Waals surface area contributed by atoms with Gasteiger partial charge in [-0.3, -0.25) is 4.79 Å². The van der Waals surface area contributed by atoms with E-state index in [0.717, 1.165) is 47.2 Å². The second-order valence-electron chi connectivity index (χ2n) is 6.86. The summed E-state index contributed by atoms with van der Waals surface area (Å²) in [5.41, 5.74) is 1.75. The van der Waals surface area contributed by atoms with Crippen LogP contribution in [0.5, 0.6) is 5.75 Å². The van der Waals surface area contributed by atoms with Gasteiger partial charge in [-0.2, -0.15) is 0 Å². The van der Waals surface area contributed by atoms with Crippen molar-refractivity contribution in [3.8, 4) is 5.75 Å². The summed E-state index contributed by atoms with van der Waals surface area (Å²) in [6.45, 7) is 1.39. The Kier molecular flexibility index (Phi) is 5.69. The maximum Gasteiger partial charge on any atom is 0.248 e. The monoisotopic (exact) mass is 373 g/mol. The first-order chi connectivity index (χ1) is 13.8. The summed E-state index contributed by atoms with van der Waals surface area (Å²) in [5, 5.41) is 5.16. The highest BCUT2D eigenvalue weighted by Crippen LogP contribution is 2.20. The number of benzene rings is 3. The third-order valence-electron chi connectivity index (χ3n) is 4.82. The van der Waals surface area contributed by atoms with Crippen LogP contribution in [0, 0.1) is 0 Å². The minimum Gasteiger partial charge on any atom is -0.491 e. The molecule has 4 heteroatoms. The summed E-state index contributed by atoms with van der Waals surface area (Å²) in [4.78, 5) is 12.3. The highest BCUT2D eigenvalue weighted by molar-refractivity contribution is 6.03. The molecule has 28 heavy (non-hydrogen) atoms. The first-order valence-corrected chi connectivity index (χ1v) is 9.59. The summed E-state index contributed by atoms with van der Waals surface area (Å²) in [6.07, 6.45) is 5.75. The van der Waals surface area contributed by atoms with Gasteiger partial charge >= 0.3 is 0 Å². The van der Waals surface area contributed by atoms with E-state index in [4.69, 9.17) is 9.47 Å². The van der Waals surface area contributed by atoms with Gasteiger partial charge in [0.2, 0.25) is 5.91 Å². The molecule has 142 valence electrons. The number of rotatable bonds is 6. The predicted octanol–water partition coefficient (Wildman–Crippen LogP) is 5.05. The molecule has 0 radical (unpaired) electrons. The number of hydrogen-bond donors (Lipinski definition) is 1. The van der Waals surface area contributed by atoms with E-state index in [-0.39, 0.29) is 12.0 Å². The third-order valence-corrected chi connectivity index (χ3v) is 4.82. The van der Waals surface area contributed by atoms with Crippen LogP contribution in [0.3, 0.4) is 0 Å². The highest BCUT2D eigenvalue weighted by Gasteiger charge is 2.15. The molecule has 0 bridgehead atoms. The van der Waals surface area contributed by atoms with Crippen molar-refractivity contribution >= 4 is 28.4 Å². The molecule has 4 nitrogen and oxygen atoms in total. The van der Waals surface area contributed by atoms with Gasteiger partial charge in [0.1, 0.15) is 12.4 Å². The van der Waals surface area contributed by atoms with Crippen LogP contribution in [-0.2, 0) is 9.53 Å². The van der Waals surface area contributed by atoms with Crippen LogP contribution in [0.2, 0.25) is 0 Å². The lowest BCUT2D eigenvalue weighted by molar-refractivity contribution is -0.111. The van der Waals surface area contributed by atoms with Gasteiger partial charge in [-0.1, -0.05) is 42.5 Å². The van der Waals surface area contributed by atoms with Crippen molar-refractivity contribution in [1.29, 1.82) is 0 Å². The van der Waals surface area contributed by atoms with E-state index in [1.165, 1.54) is 0 Å². The Labute approximate surface area is 164 Å². The average molecular weight is 373 g/mol. The summed E-state index contributed by atoms with van der Waals surface area (Å²) in [6, 6.07) is 21.6. The van der Waals surface area contributed by atoms with Gasteiger partial charge in [0.25, 0.3) is 0 Å². The number of fused-ring (bicyclic) bond motifs is 1. The second-order valence-corrected chi connectivity index (χ2v) is 6.86. The van der Waals surface area contributed by atoms with Crippen LogP contribution in [0.1, 0.15) is 18.4 Å². The Balaban J connectivity index is 1.34. The molecule has 3 aromatic rings. The molecule has 1 heterocycles. The molecule has 0 aliphatic carbocycles. The number of carbonyl (C=O) groups excluding carboxylic acids is 1. The Hall–Kier alpha value is -3.11. The summed E-state index contributed by atoms with van der Waals surface area (Å²) >= 11 is 0. The SMILES string of the molecule is O=C(/C=C/c1cccc2ccccc12)Nc1ccc(OC[C@@H]2CCCO2)cc1. The van der Waals surface area contributed by atoms with Crippen molar-refractivity contribution in [2.75, 3.05) is 18.5 Å². The number of ether oxygens (including phenoxy) is 2. The molecular formula is C24H23NO3. The van der Waals surface area contributed by atoms with Gasteiger partial charge in [0, 0.05) is 18.4 Å². The molecule has 0 saturated carbocycles. The number of nitrogens with one attached hydrogen (secondary N) is 1. The quantitative estimate of drug-likeness (QED) is 0.615. The minimum atomic E-state index is -0.166. The Morgan fingerprint density at radius 1 is 1.07 bits per heavy atom. The zero-order valence-electron chi connectivity index (χ0n) is 15.6. The van der Waals surface area contributed by atoms with E-state index in [2.05, 4.69) is 23.5 Å². The van der Waals surface area contributed by atoms with Gasteiger partial charge in [-0.05, 0) is 59.5 Å². The first-order valence-electron chi connectivity index (χ1n) is 9.59. The van der Waals surface area contributed by atoms with Crippen molar-refractivity contribution in [3.63, 3.8) is 0 Å². The molecule has 1 aliphatic rings. The topological polar surface area (TPSA) is 47.6 Å². The van der Waals surface area contributed by atoms with Crippen molar-refractivity contribution in [3.05, 3.63) is 78.4 Å². The van der Waals surface area contributed by atoms with Gasteiger partial charge in [-0.15, -0.1) is 0 Å². The van der Waals surface area contributed by atoms with E-state index in [1.807, 2.05) is 54.6 Å². The number of amides is 1. The summed E-state index contributed by atoms with van der Waals surface area (Å²) in [5.74, 6) is 0.612. The summed E-state index contributed by atoms with van der Waals surface area (Å²) < 4.78 is 11.3. The van der Waals surface area contributed by atoms with E-state index in [9.17, 15) is 4.79 Å². The van der Waals surface area contributed by atoms with Crippen molar-refractivity contribution in [1.82, 2.24) is 0 Å². The van der Waals surface area contributed by atoms with Gasteiger partial charge in [0.05, 0.1) is 6.10 Å². The van der Waals surface area contributed by atoms with Crippen molar-refractivity contribution in [2.24, 2.45) is 0 Å². The maximum atomic E-state index is 12.3. The van der Waals surface area contributed by atoms with Crippen LogP contribution < -0.4 is 10.1 Å². The fourth-order valence-electron chi connectivity index (χ4n) is 3.34. The zero-order valence-corrected chi connectivity index (χ0v) is 15.6. The molecule has 1 amide bonds. The molecule has 1 fully saturated rings. The largest absolute Gasteiger partial charge is 0.491 e. The van der Waals surface area contributed by atoms with Crippen LogP contribution in [0.4, 0.5) is 5.69 Å². The predicted molar refractivity (Wildman–Crippen MR) is 113 cm³/mol. The number of hydrogen-bond acceptors (Lipinski definition) is 3. The smallest absolute Gasteiger partial charge is 0.248 e. The minimum absolute atomic E-state index is 0.166. The maximum absolute atomic E-state index is 12.3. The van der Waals surface area contributed by atoms with E-state index in [1.54, 1.807) is 6.08 Å². The standard InChI is InChI=1S/C24H23NO3/c26-24(15-10-19-7-3-6-18-5-1-2-9-23(18)19)25-20-11-13-21(14-12-20)28-17-22-8-4-16-27-22/h1-3,5-7,9-15,22H,4,8,16-17H2,(H,25,26)/b15-10+/t22-/m0/s1. The lowest BCUT2D eigenvalue weighted by atomic mass is 10.0. The van der Waals surface area contributed by atoms with Crippen LogP contribution in [0.25, 0.3) is 16.8 Å². The average Bonchev–Trinajstić information content (AvgIpc) is 3.25. The van der Waals surface area contributed by atoms with E-state index < -0.39 is 0 Å². The molecule has 1 aliphatic heterocycles. The Morgan fingerprint density at radius 2 is 1.89 bits per heavy atom. The van der Waals surface area contributed by atoms with Crippen LogP contribution in [-0.4, -0.2) is 25.2 Å². The van der Waals surface area contributed by atoms with Crippen LogP contribution in [0.15, 0.2) is 72.8 Å². The van der Waals surface area contributed by atoms with Crippen molar-refractivity contribution in [2.45, 2.75) is 18.9 Å². The third kappa shape index (κ3) is 4.59. The van der Waals surface area contributed by atoms with Gasteiger partial charge in [-0.25, -0.2) is 0 Å². The second kappa shape index (κ2) is 8.72.